The number of ketones is 1. The summed E-state index contributed by atoms with van der Waals surface area (Å²) in [5.74, 6) is 0.445. The second-order valence-corrected chi connectivity index (χ2v) is 3.21. The van der Waals surface area contributed by atoms with E-state index in [9.17, 15) is 4.79 Å². The van der Waals surface area contributed by atoms with Crippen LogP contribution in [0.5, 0.6) is 0 Å². The molecule has 0 aliphatic heterocycles. The molecule has 0 amide bonds. The van der Waals surface area contributed by atoms with Gasteiger partial charge in [0.25, 0.3) is 0 Å². The maximum absolute atomic E-state index is 11.6. The molecule has 0 radical (unpaired) electrons. The van der Waals surface area contributed by atoms with Gasteiger partial charge in [0.05, 0.1) is 0 Å². The van der Waals surface area contributed by atoms with Crippen LogP contribution in [-0.2, 0) is 0 Å². The minimum Gasteiger partial charge on any atom is -0.294 e. The van der Waals surface area contributed by atoms with E-state index < -0.39 is 0 Å². The fourth-order valence-corrected chi connectivity index (χ4v) is 1.12. The molecule has 13 heavy (non-hydrogen) atoms. The highest BCUT2D eigenvalue weighted by atomic mass is 16.1. The van der Waals surface area contributed by atoms with Crippen molar-refractivity contribution in [3.8, 4) is 0 Å². The van der Waals surface area contributed by atoms with Crippen molar-refractivity contribution >= 4 is 5.78 Å². The topological polar surface area (TPSA) is 17.1 Å². The van der Waals surface area contributed by atoms with Crippen molar-refractivity contribution in [3.05, 3.63) is 48.6 Å². The first-order valence-corrected chi connectivity index (χ1v) is 4.45. The summed E-state index contributed by atoms with van der Waals surface area (Å²) >= 11 is 0. The lowest BCUT2D eigenvalue weighted by molar-refractivity contribution is 0.0972. The number of hydrogen-bond acceptors (Lipinski definition) is 1. The average molecular weight is 174 g/mol. The SMILES string of the molecule is C=C[C@H](C)CC(=O)c1ccccc1. The molecule has 0 aromatic heterocycles. The zero-order valence-electron chi connectivity index (χ0n) is 7.86. The second-order valence-electron chi connectivity index (χ2n) is 3.21. The van der Waals surface area contributed by atoms with Gasteiger partial charge in [-0.25, -0.2) is 0 Å². The van der Waals surface area contributed by atoms with Crippen LogP contribution in [0.1, 0.15) is 23.7 Å². The Bertz CT molecular complexity index is 287. The first-order valence-electron chi connectivity index (χ1n) is 4.45. The van der Waals surface area contributed by atoms with Crippen LogP contribution in [0.25, 0.3) is 0 Å². The Morgan fingerprint density at radius 2 is 2.08 bits per heavy atom. The number of allylic oxidation sites excluding steroid dienone is 1. The van der Waals surface area contributed by atoms with Crippen LogP contribution in [0.4, 0.5) is 0 Å². The highest BCUT2D eigenvalue weighted by Gasteiger charge is 2.07. The van der Waals surface area contributed by atoms with Gasteiger partial charge in [0.1, 0.15) is 0 Å². The van der Waals surface area contributed by atoms with Gasteiger partial charge in [0, 0.05) is 12.0 Å². The molecule has 0 fully saturated rings. The van der Waals surface area contributed by atoms with Gasteiger partial charge < -0.3 is 0 Å². The van der Waals surface area contributed by atoms with E-state index in [-0.39, 0.29) is 11.7 Å². The van der Waals surface area contributed by atoms with Crippen molar-refractivity contribution in [1.82, 2.24) is 0 Å². The van der Waals surface area contributed by atoms with Crippen LogP contribution in [0.15, 0.2) is 43.0 Å². The predicted molar refractivity (Wildman–Crippen MR) is 54.8 cm³/mol. The summed E-state index contributed by atoms with van der Waals surface area (Å²) in [7, 11) is 0. The molecule has 68 valence electrons. The van der Waals surface area contributed by atoms with Crippen molar-refractivity contribution in [2.45, 2.75) is 13.3 Å². The van der Waals surface area contributed by atoms with Crippen molar-refractivity contribution in [1.29, 1.82) is 0 Å². The molecule has 0 saturated carbocycles. The largest absolute Gasteiger partial charge is 0.294 e. The summed E-state index contributed by atoms with van der Waals surface area (Å²) in [5.41, 5.74) is 0.788. The Kier molecular flexibility index (Phi) is 3.44. The molecule has 0 bridgehead atoms. The van der Waals surface area contributed by atoms with Gasteiger partial charge in [0.2, 0.25) is 0 Å². The molecule has 1 rings (SSSR count). The van der Waals surface area contributed by atoms with Crippen molar-refractivity contribution in [3.63, 3.8) is 0 Å². The normalized spacial score (nSPS) is 12.1. The number of benzene rings is 1. The highest BCUT2D eigenvalue weighted by molar-refractivity contribution is 5.96. The molecule has 0 N–H and O–H groups in total. The molecule has 1 nitrogen and oxygen atoms in total. The van der Waals surface area contributed by atoms with Gasteiger partial charge in [0.15, 0.2) is 5.78 Å². The lowest BCUT2D eigenvalue weighted by Gasteiger charge is -2.03. The number of carbonyl (C=O) groups is 1. The van der Waals surface area contributed by atoms with Gasteiger partial charge in [-0.1, -0.05) is 43.3 Å². The van der Waals surface area contributed by atoms with Crippen LogP contribution in [-0.4, -0.2) is 5.78 Å². The Hall–Kier alpha value is -1.37. The Morgan fingerprint density at radius 1 is 1.46 bits per heavy atom. The summed E-state index contributed by atoms with van der Waals surface area (Å²) in [6.07, 6.45) is 2.36. The van der Waals surface area contributed by atoms with Crippen LogP contribution in [0, 0.1) is 5.92 Å². The molecule has 0 spiro atoms. The smallest absolute Gasteiger partial charge is 0.163 e. The maximum Gasteiger partial charge on any atom is 0.163 e. The molecule has 1 heteroatoms. The number of carbonyl (C=O) groups excluding carboxylic acids is 1. The molecular weight excluding hydrogens is 160 g/mol. The second kappa shape index (κ2) is 4.61. The van der Waals surface area contributed by atoms with Crippen molar-refractivity contribution in [2.75, 3.05) is 0 Å². The third kappa shape index (κ3) is 2.86. The summed E-state index contributed by atoms with van der Waals surface area (Å²) in [6.45, 7) is 5.65. The minimum absolute atomic E-state index is 0.188. The van der Waals surface area contributed by atoms with E-state index in [1.807, 2.05) is 37.3 Å². The lowest BCUT2D eigenvalue weighted by Crippen LogP contribution is -2.03. The average Bonchev–Trinajstić information content (AvgIpc) is 2.19. The summed E-state index contributed by atoms with van der Waals surface area (Å²) < 4.78 is 0. The van der Waals surface area contributed by atoms with Crippen LogP contribution < -0.4 is 0 Å². The molecular formula is C12H14O. The van der Waals surface area contributed by atoms with Gasteiger partial charge in [-0.3, -0.25) is 4.79 Å². The highest BCUT2D eigenvalue weighted by Crippen LogP contribution is 2.09. The zero-order valence-corrected chi connectivity index (χ0v) is 7.86. The van der Waals surface area contributed by atoms with E-state index in [1.54, 1.807) is 6.08 Å². The summed E-state index contributed by atoms with van der Waals surface area (Å²) in [6, 6.07) is 9.36. The summed E-state index contributed by atoms with van der Waals surface area (Å²) in [5, 5.41) is 0. The number of rotatable bonds is 4. The Labute approximate surface area is 79.1 Å². The predicted octanol–water partition coefficient (Wildman–Crippen LogP) is 3.08. The van der Waals surface area contributed by atoms with E-state index in [2.05, 4.69) is 6.58 Å². The standard InChI is InChI=1S/C12H14O/c1-3-10(2)9-12(13)11-7-5-4-6-8-11/h3-8,10H,1,9H2,2H3/t10-/m0/s1. The monoisotopic (exact) mass is 174 g/mol. The Balaban J connectivity index is 2.64. The fraction of sp³-hybridized carbons (Fsp3) is 0.250. The minimum atomic E-state index is 0.188. The zero-order chi connectivity index (χ0) is 9.68. The molecule has 1 aromatic rings. The number of hydrogen-bond donors (Lipinski definition) is 0. The van der Waals surface area contributed by atoms with Crippen LogP contribution in [0.3, 0.4) is 0 Å². The van der Waals surface area contributed by atoms with Crippen LogP contribution in [0.2, 0.25) is 0 Å². The van der Waals surface area contributed by atoms with E-state index in [4.69, 9.17) is 0 Å². The Morgan fingerprint density at radius 3 is 2.62 bits per heavy atom. The van der Waals surface area contributed by atoms with Gasteiger partial charge >= 0.3 is 0 Å². The van der Waals surface area contributed by atoms with E-state index in [0.29, 0.717) is 6.42 Å². The molecule has 0 aliphatic carbocycles. The third-order valence-electron chi connectivity index (χ3n) is 2.01. The van der Waals surface area contributed by atoms with E-state index >= 15 is 0 Å². The van der Waals surface area contributed by atoms with Crippen molar-refractivity contribution < 1.29 is 4.79 Å². The van der Waals surface area contributed by atoms with Gasteiger partial charge in [-0.05, 0) is 5.92 Å². The summed E-state index contributed by atoms with van der Waals surface area (Å²) in [4.78, 5) is 11.6. The van der Waals surface area contributed by atoms with Gasteiger partial charge in [-0.15, -0.1) is 6.58 Å². The molecule has 0 saturated heterocycles. The molecule has 1 aromatic carbocycles. The van der Waals surface area contributed by atoms with E-state index in [0.717, 1.165) is 5.56 Å². The number of Topliss-reactive ketones (excluding diaryl/α,β-unsaturated/α-hetero) is 1. The van der Waals surface area contributed by atoms with E-state index in [1.165, 1.54) is 0 Å². The fourth-order valence-electron chi connectivity index (χ4n) is 1.12. The first kappa shape index (κ1) is 9.72. The van der Waals surface area contributed by atoms with Crippen molar-refractivity contribution in [2.24, 2.45) is 5.92 Å². The third-order valence-corrected chi connectivity index (χ3v) is 2.01. The molecule has 0 unspecified atom stereocenters. The quantitative estimate of drug-likeness (QED) is 0.506. The molecule has 0 aliphatic rings. The maximum atomic E-state index is 11.6. The lowest BCUT2D eigenvalue weighted by atomic mass is 10.0. The van der Waals surface area contributed by atoms with Gasteiger partial charge in [-0.2, -0.15) is 0 Å². The molecule has 1 atom stereocenters. The molecule has 0 heterocycles. The first-order chi connectivity index (χ1) is 6.24. The van der Waals surface area contributed by atoms with Crippen LogP contribution >= 0.6 is 0 Å².